The largest absolute Gasteiger partial charge is 0.383 e. The fourth-order valence-electron chi connectivity index (χ4n) is 4.17. The predicted octanol–water partition coefficient (Wildman–Crippen LogP) is 4.84. The molecule has 2 unspecified atom stereocenters. The summed E-state index contributed by atoms with van der Waals surface area (Å²) in [5.74, 6) is 0.618. The van der Waals surface area contributed by atoms with Crippen LogP contribution in [-0.2, 0) is 16.4 Å². The van der Waals surface area contributed by atoms with Gasteiger partial charge in [-0.2, -0.15) is 0 Å². The minimum atomic E-state index is -0.819. The van der Waals surface area contributed by atoms with E-state index in [4.69, 9.17) is 4.98 Å². The van der Waals surface area contributed by atoms with Gasteiger partial charge in [-0.1, -0.05) is 46.8 Å². The van der Waals surface area contributed by atoms with Crippen LogP contribution in [-0.4, -0.2) is 15.1 Å². The third-order valence-electron chi connectivity index (χ3n) is 6.83. The van der Waals surface area contributed by atoms with Crippen LogP contribution >= 0.6 is 0 Å². The highest BCUT2D eigenvalue weighted by Crippen LogP contribution is 2.60. The monoisotopic (exact) mass is 350 g/mol. The van der Waals surface area contributed by atoms with Gasteiger partial charge in [0.1, 0.15) is 5.60 Å². The summed E-state index contributed by atoms with van der Waals surface area (Å²) in [4.78, 5) is 9.32. The molecular weight excluding hydrogens is 320 g/mol. The fraction of sp³-hybridized carbons (Fsp3) is 0.565. The second-order valence-corrected chi connectivity index (χ2v) is 9.53. The molecule has 1 N–H and O–H groups in total. The predicted molar refractivity (Wildman–Crippen MR) is 104 cm³/mol. The lowest BCUT2D eigenvalue weighted by molar-refractivity contribution is 0.109. The summed E-state index contributed by atoms with van der Waals surface area (Å²) < 4.78 is 0. The van der Waals surface area contributed by atoms with Crippen LogP contribution in [0, 0.1) is 5.92 Å². The highest BCUT2D eigenvalue weighted by molar-refractivity contribution is 5.35. The van der Waals surface area contributed by atoms with Crippen molar-refractivity contribution in [1.29, 1.82) is 0 Å². The van der Waals surface area contributed by atoms with Crippen molar-refractivity contribution in [2.45, 2.75) is 76.2 Å². The van der Waals surface area contributed by atoms with Gasteiger partial charge in [-0.25, -0.2) is 0 Å². The molecular formula is C23H30N2O. The first-order chi connectivity index (χ1) is 12.2. The lowest BCUT2D eigenvalue weighted by Crippen LogP contribution is -2.27. The van der Waals surface area contributed by atoms with E-state index in [1.165, 1.54) is 29.7 Å². The molecule has 0 radical (unpaired) electrons. The van der Waals surface area contributed by atoms with Gasteiger partial charge in [0.25, 0.3) is 0 Å². The first kappa shape index (κ1) is 17.7. The van der Waals surface area contributed by atoms with Crippen molar-refractivity contribution < 1.29 is 5.11 Å². The van der Waals surface area contributed by atoms with Crippen molar-refractivity contribution in [2.75, 3.05) is 0 Å². The average molecular weight is 351 g/mol. The van der Waals surface area contributed by atoms with Crippen LogP contribution in [0.1, 0.15) is 82.3 Å². The minimum Gasteiger partial charge on any atom is -0.383 e. The topological polar surface area (TPSA) is 46.0 Å². The lowest BCUT2D eigenvalue weighted by Gasteiger charge is -2.28. The van der Waals surface area contributed by atoms with E-state index in [0.717, 1.165) is 12.1 Å². The summed E-state index contributed by atoms with van der Waals surface area (Å²) in [5, 5.41) is 11.2. The van der Waals surface area contributed by atoms with Crippen molar-refractivity contribution in [3.8, 4) is 0 Å². The standard InChI is InChI=1S/C23H30N2O/c1-15(2)16-6-8-20(24-13-16)23(26)12-18(23)21(3,4)17-7-9-19(25-14-17)22(5)10-11-22/h6-9,13-15,18,26H,10-12H2,1-5H3. The van der Waals surface area contributed by atoms with E-state index in [1.54, 1.807) is 0 Å². The summed E-state index contributed by atoms with van der Waals surface area (Å²) in [5.41, 5.74) is 3.76. The van der Waals surface area contributed by atoms with E-state index in [1.807, 2.05) is 18.5 Å². The molecule has 0 saturated heterocycles. The quantitative estimate of drug-likeness (QED) is 0.839. The molecule has 0 amide bonds. The SMILES string of the molecule is CC(C)c1ccc(C2(O)CC2C(C)(C)c2ccc(C3(C)CC3)nc2)nc1. The Morgan fingerprint density at radius 2 is 1.69 bits per heavy atom. The van der Waals surface area contributed by atoms with Gasteiger partial charge in [-0.05, 0) is 53.9 Å². The summed E-state index contributed by atoms with van der Waals surface area (Å²) in [6, 6.07) is 8.49. The van der Waals surface area contributed by atoms with Gasteiger partial charge in [-0.15, -0.1) is 0 Å². The van der Waals surface area contributed by atoms with E-state index < -0.39 is 5.60 Å². The summed E-state index contributed by atoms with van der Waals surface area (Å²) in [6.45, 7) is 11.0. The Kier molecular flexibility index (Phi) is 3.82. The summed E-state index contributed by atoms with van der Waals surface area (Å²) in [7, 11) is 0. The molecule has 0 spiro atoms. The molecule has 2 aliphatic rings. The minimum absolute atomic E-state index is 0.136. The van der Waals surface area contributed by atoms with Crippen LogP contribution in [0.3, 0.4) is 0 Å². The molecule has 0 aliphatic heterocycles. The van der Waals surface area contributed by atoms with Crippen LogP contribution in [0.5, 0.6) is 0 Å². The smallest absolute Gasteiger partial charge is 0.111 e. The van der Waals surface area contributed by atoms with Crippen molar-refractivity contribution in [3.63, 3.8) is 0 Å². The number of hydrogen-bond acceptors (Lipinski definition) is 3. The second kappa shape index (κ2) is 5.63. The molecule has 4 rings (SSSR count). The third-order valence-corrected chi connectivity index (χ3v) is 6.83. The van der Waals surface area contributed by atoms with E-state index in [2.05, 4.69) is 57.8 Å². The maximum Gasteiger partial charge on any atom is 0.111 e. The van der Waals surface area contributed by atoms with Gasteiger partial charge >= 0.3 is 0 Å². The fourth-order valence-corrected chi connectivity index (χ4v) is 4.17. The zero-order chi connectivity index (χ0) is 18.7. The zero-order valence-corrected chi connectivity index (χ0v) is 16.6. The molecule has 3 heteroatoms. The summed E-state index contributed by atoms with van der Waals surface area (Å²) in [6.07, 6.45) is 7.17. The number of aliphatic hydroxyl groups is 1. The van der Waals surface area contributed by atoms with Gasteiger partial charge < -0.3 is 5.11 Å². The summed E-state index contributed by atoms with van der Waals surface area (Å²) >= 11 is 0. The molecule has 2 heterocycles. The van der Waals surface area contributed by atoms with Crippen LogP contribution in [0.25, 0.3) is 0 Å². The second-order valence-electron chi connectivity index (χ2n) is 9.53. The van der Waals surface area contributed by atoms with Crippen molar-refractivity contribution in [3.05, 3.63) is 59.2 Å². The molecule has 2 aromatic heterocycles. The van der Waals surface area contributed by atoms with E-state index in [-0.39, 0.29) is 11.3 Å². The molecule has 0 bridgehead atoms. The Labute approximate surface area is 156 Å². The highest BCUT2D eigenvalue weighted by atomic mass is 16.3. The lowest BCUT2D eigenvalue weighted by atomic mass is 9.78. The Hall–Kier alpha value is -1.74. The van der Waals surface area contributed by atoms with Crippen molar-refractivity contribution in [1.82, 2.24) is 9.97 Å². The van der Waals surface area contributed by atoms with Gasteiger partial charge in [-0.3, -0.25) is 9.97 Å². The van der Waals surface area contributed by atoms with E-state index in [9.17, 15) is 5.11 Å². The number of hydrogen-bond donors (Lipinski definition) is 1. The first-order valence-corrected chi connectivity index (χ1v) is 9.83. The maximum absolute atomic E-state index is 11.2. The molecule has 26 heavy (non-hydrogen) atoms. The zero-order valence-electron chi connectivity index (χ0n) is 16.6. The van der Waals surface area contributed by atoms with Gasteiger partial charge in [0.05, 0.1) is 5.69 Å². The Bertz CT molecular complexity index is 803. The Balaban J connectivity index is 1.55. The van der Waals surface area contributed by atoms with Gasteiger partial charge in [0, 0.05) is 29.4 Å². The van der Waals surface area contributed by atoms with Gasteiger partial charge in [0.2, 0.25) is 0 Å². The molecule has 138 valence electrons. The molecule has 0 aromatic carbocycles. The highest BCUT2D eigenvalue weighted by Gasteiger charge is 2.62. The maximum atomic E-state index is 11.2. The molecule has 2 aromatic rings. The van der Waals surface area contributed by atoms with Gasteiger partial charge in [0.15, 0.2) is 0 Å². The van der Waals surface area contributed by atoms with E-state index >= 15 is 0 Å². The van der Waals surface area contributed by atoms with Crippen molar-refractivity contribution >= 4 is 0 Å². The molecule has 2 fully saturated rings. The average Bonchev–Trinajstić information content (AvgIpc) is 3.53. The molecule has 2 saturated carbocycles. The number of nitrogens with zero attached hydrogens (tertiary/aromatic N) is 2. The van der Waals surface area contributed by atoms with Crippen LogP contribution in [0.4, 0.5) is 0 Å². The molecule has 3 nitrogen and oxygen atoms in total. The van der Waals surface area contributed by atoms with Crippen LogP contribution < -0.4 is 0 Å². The first-order valence-electron chi connectivity index (χ1n) is 9.83. The molecule has 2 atom stereocenters. The third kappa shape index (κ3) is 2.77. The normalized spacial score (nSPS) is 26.8. The van der Waals surface area contributed by atoms with Crippen LogP contribution in [0.15, 0.2) is 36.7 Å². The number of aromatic nitrogens is 2. The Morgan fingerprint density at radius 3 is 2.19 bits per heavy atom. The molecule has 2 aliphatic carbocycles. The van der Waals surface area contributed by atoms with E-state index in [0.29, 0.717) is 11.3 Å². The van der Waals surface area contributed by atoms with Crippen LogP contribution in [0.2, 0.25) is 0 Å². The van der Waals surface area contributed by atoms with Crippen molar-refractivity contribution in [2.24, 2.45) is 5.92 Å². The Morgan fingerprint density at radius 1 is 1.04 bits per heavy atom. The number of rotatable bonds is 5. The number of pyridine rings is 2.